The number of nitrogens with zero attached hydrogens (tertiary/aromatic N) is 2. The number of hydrogen-bond acceptors (Lipinski definition) is 5. The molecule has 0 aromatic heterocycles. The summed E-state index contributed by atoms with van der Waals surface area (Å²) in [6.07, 6.45) is 1.70. The van der Waals surface area contributed by atoms with Crippen LogP contribution in [0.5, 0.6) is 5.75 Å². The Balaban J connectivity index is 1.81. The van der Waals surface area contributed by atoms with Crippen LogP contribution in [0, 0.1) is 16.0 Å². The third kappa shape index (κ3) is 4.12. The highest BCUT2D eigenvalue weighted by molar-refractivity contribution is 6.04. The summed E-state index contributed by atoms with van der Waals surface area (Å²) >= 11 is 0. The van der Waals surface area contributed by atoms with Gasteiger partial charge in [-0.1, -0.05) is 32.0 Å². The molecule has 3 rings (SSSR count). The van der Waals surface area contributed by atoms with Crippen molar-refractivity contribution in [3.63, 3.8) is 0 Å². The van der Waals surface area contributed by atoms with Gasteiger partial charge >= 0.3 is 0 Å². The molecule has 1 fully saturated rings. The number of ether oxygens (including phenoxy) is 1. The minimum Gasteiger partial charge on any atom is -0.494 e. The SMILES string of the molecule is CCc1cccc(CC)c1N1CC(C(=O)Nc2ccc([N+](=O)[O-])cc2OC)CC1=O. The molecule has 1 N–H and O–H groups in total. The topological polar surface area (TPSA) is 102 Å². The molecule has 2 aromatic carbocycles. The molecule has 0 saturated carbocycles. The van der Waals surface area contributed by atoms with E-state index in [-0.39, 0.29) is 29.7 Å². The number of nitro benzene ring substituents is 1. The van der Waals surface area contributed by atoms with E-state index in [0.29, 0.717) is 12.2 Å². The second-order valence-corrected chi connectivity index (χ2v) is 7.17. The Labute approximate surface area is 175 Å². The third-order valence-corrected chi connectivity index (χ3v) is 5.38. The molecule has 1 saturated heterocycles. The highest BCUT2D eigenvalue weighted by Crippen LogP contribution is 2.34. The number of benzene rings is 2. The van der Waals surface area contributed by atoms with Crippen LogP contribution in [0.1, 0.15) is 31.4 Å². The number of anilines is 2. The van der Waals surface area contributed by atoms with Crippen LogP contribution in [0.15, 0.2) is 36.4 Å². The lowest BCUT2D eigenvalue weighted by molar-refractivity contribution is -0.384. The largest absolute Gasteiger partial charge is 0.494 e. The van der Waals surface area contributed by atoms with Gasteiger partial charge in [-0.2, -0.15) is 0 Å². The van der Waals surface area contributed by atoms with E-state index in [4.69, 9.17) is 4.74 Å². The number of carbonyl (C=O) groups is 2. The van der Waals surface area contributed by atoms with E-state index in [9.17, 15) is 19.7 Å². The fourth-order valence-corrected chi connectivity index (χ4v) is 3.79. The molecule has 1 heterocycles. The third-order valence-electron chi connectivity index (χ3n) is 5.38. The lowest BCUT2D eigenvalue weighted by atomic mass is 10.0. The minimum absolute atomic E-state index is 0.0820. The molecular formula is C22H25N3O5. The maximum atomic E-state index is 12.9. The lowest BCUT2D eigenvalue weighted by Gasteiger charge is -2.23. The van der Waals surface area contributed by atoms with E-state index in [1.165, 1.54) is 25.3 Å². The fraction of sp³-hybridized carbons (Fsp3) is 0.364. The Morgan fingerprint density at radius 1 is 1.23 bits per heavy atom. The average molecular weight is 411 g/mol. The molecule has 158 valence electrons. The summed E-state index contributed by atoms with van der Waals surface area (Å²) in [6.45, 7) is 4.39. The van der Waals surface area contributed by atoms with Crippen LogP contribution in [0.2, 0.25) is 0 Å². The fourth-order valence-electron chi connectivity index (χ4n) is 3.79. The normalized spacial score (nSPS) is 15.9. The highest BCUT2D eigenvalue weighted by Gasteiger charge is 2.37. The predicted octanol–water partition coefficient (Wildman–Crippen LogP) is 3.72. The highest BCUT2D eigenvalue weighted by atomic mass is 16.6. The van der Waals surface area contributed by atoms with E-state index >= 15 is 0 Å². The number of amides is 2. The summed E-state index contributed by atoms with van der Waals surface area (Å²) in [4.78, 5) is 37.8. The first-order chi connectivity index (χ1) is 14.4. The van der Waals surface area contributed by atoms with Crippen LogP contribution in [0.4, 0.5) is 17.1 Å². The molecule has 0 radical (unpaired) electrons. The van der Waals surface area contributed by atoms with Crippen molar-refractivity contribution >= 4 is 28.9 Å². The maximum Gasteiger partial charge on any atom is 0.273 e. The molecule has 1 aliphatic rings. The average Bonchev–Trinajstić information content (AvgIpc) is 3.14. The Morgan fingerprint density at radius 3 is 2.47 bits per heavy atom. The molecule has 8 nitrogen and oxygen atoms in total. The standard InChI is InChI=1S/C22H25N3O5/c1-4-14-7-6-8-15(5-2)21(14)24-13-16(11-20(24)26)22(27)23-18-10-9-17(25(28)29)12-19(18)30-3/h6-10,12,16H,4-5,11,13H2,1-3H3,(H,23,27). The number of nitro groups is 1. The van der Waals surface area contributed by atoms with Crippen molar-refractivity contribution in [3.8, 4) is 5.75 Å². The van der Waals surface area contributed by atoms with Gasteiger partial charge in [0.25, 0.3) is 5.69 Å². The van der Waals surface area contributed by atoms with Gasteiger partial charge in [0.1, 0.15) is 5.75 Å². The molecule has 1 unspecified atom stereocenters. The van der Waals surface area contributed by atoms with Gasteiger partial charge in [0.2, 0.25) is 11.8 Å². The molecule has 8 heteroatoms. The van der Waals surface area contributed by atoms with E-state index in [1.54, 1.807) is 4.90 Å². The van der Waals surface area contributed by atoms with Gasteiger partial charge in [-0.05, 0) is 30.0 Å². The van der Waals surface area contributed by atoms with Crippen molar-refractivity contribution in [1.29, 1.82) is 0 Å². The van der Waals surface area contributed by atoms with Crippen molar-refractivity contribution in [2.45, 2.75) is 33.1 Å². The van der Waals surface area contributed by atoms with E-state index < -0.39 is 10.8 Å². The van der Waals surface area contributed by atoms with Crippen LogP contribution < -0.4 is 15.0 Å². The Kier molecular flexibility index (Phi) is 6.34. The second kappa shape index (κ2) is 8.94. The molecule has 2 aromatic rings. The number of non-ortho nitro benzene ring substituents is 1. The van der Waals surface area contributed by atoms with Crippen LogP contribution in [-0.4, -0.2) is 30.4 Å². The number of nitrogens with one attached hydrogen (secondary N) is 1. The zero-order valence-electron chi connectivity index (χ0n) is 17.3. The van der Waals surface area contributed by atoms with Crippen molar-refractivity contribution in [2.24, 2.45) is 5.92 Å². The van der Waals surface area contributed by atoms with Crippen LogP contribution in [-0.2, 0) is 22.4 Å². The van der Waals surface area contributed by atoms with Gasteiger partial charge in [-0.15, -0.1) is 0 Å². The number of aryl methyl sites for hydroxylation is 2. The number of hydrogen-bond donors (Lipinski definition) is 1. The van der Waals surface area contributed by atoms with Crippen LogP contribution in [0.25, 0.3) is 0 Å². The molecule has 0 spiro atoms. The Bertz CT molecular complexity index is 966. The first-order valence-electron chi connectivity index (χ1n) is 9.93. The molecule has 30 heavy (non-hydrogen) atoms. The van der Waals surface area contributed by atoms with Crippen LogP contribution >= 0.6 is 0 Å². The number of rotatable bonds is 7. The van der Waals surface area contributed by atoms with Crippen molar-refractivity contribution in [2.75, 3.05) is 23.9 Å². The van der Waals surface area contributed by atoms with E-state index in [0.717, 1.165) is 29.7 Å². The van der Waals surface area contributed by atoms with Gasteiger partial charge in [0, 0.05) is 24.7 Å². The van der Waals surface area contributed by atoms with Crippen LogP contribution in [0.3, 0.4) is 0 Å². The maximum absolute atomic E-state index is 12.9. The van der Waals surface area contributed by atoms with E-state index in [2.05, 4.69) is 5.32 Å². The summed E-state index contributed by atoms with van der Waals surface area (Å²) < 4.78 is 5.18. The molecular weight excluding hydrogens is 386 g/mol. The van der Waals surface area contributed by atoms with Gasteiger partial charge < -0.3 is 15.0 Å². The van der Waals surface area contributed by atoms with Gasteiger partial charge in [-0.25, -0.2) is 0 Å². The lowest BCUT2D eigenvalue weighted by Crippen LogP contribution is -2.29. The summed E-state index contributed by atoms with van der Waals surface area (Å²) in [7, 11) is 1.38. The van der Waals surface area contributed by atoms with E-state index in [1.807, 2.05) is 32.0 Å². The van der Waals surface area contributed by atoms with Crippen molar-refractivity contribution < 1.29 is 19.2 Å². The molecule has 2 amide bonds. The molecule has 0 aliphatic carbocycles. The van der Waals surface area contributed by atoms with Crippen molar-refractivity contribution in [1.82, 2.24) is 0 Å². The summed E-state index contributed by atoms with van der Waals surface area (Å²) in [5.74, 6) is -0.721. The Hall–Kier alpha value is -3.42. The zero-order valence-corrected chi connectivity index (χ0v) is 17.3. The van der Waals surface area contributed by atoms with Crippen molar-refractivity contribution in [3.05, 3.63) is 57.6 Å². The van der Waals surface area contributed by atoms with Gasteiger partial charge in [0.05, 0.1) is 29.7 Å². The zero-order chi connectivity index (χ0) is 21.8. The first kappa shape index (κ1) is 21.3. The predicted molar refractivity (Wildman–Crippen MR) is 114 cm³/mol. The monoisotopic (exact) mass is 411 g/mol. The van der Waals surface area contributed by atoms with Gasteiger partial charge in [-0.3, -0.25) is 19.7 Å². The minimum atomic E-state index is -0.530. The quantitative estimate of drug-likeness (QED) is 0.553. The first-order valence-corrected chi connectivity index (χ1v) is 9.93. The second-order valence-electron chi connectivity index (χ2n) is 7.17. The van der Waals surface area contributed by atoms with Gasteiger partial charge in [0.15, 0.2) is 0 Å². The molecule has 1 aliphatic heterocycles. The number of methoxy groups -OCH3 is 1. The molecule has 0 bridgehead atoms. The summed E-state index contributed by atoms with van der Waals surface area (Å²) in [6, 6.07) is 10.0. The Morgan fingerprint density at radius 2 is 1.90 bits per heavy atom. The smallest absolute Gasteiger partial charge is 0.273 e. The summed E-state index contributed by atoms with van der Waals surface area (Å²) in [5, 5.41) is 13.7. The number of carbonyl (C=O) groups excluding carboxylic acids is 2. The molecule has 1 atom stereocenters. The number of para-hydroxylation sites is 1. The summed E-state index contributed by atoms with van der Waals surface area (Å²) in [5.41, 5.74) is 3.29.